The molecule has 1 aliphatic heterocycles. The number of halogens is 2. The largest absolute Gasteiger partial charge is 0.354 e. The van der Waals surface area contributed by atoms with Crippen LogP contribution in [0.25, 0.3) is 10.8 Å². The standard InChI is InChI=1S/C21H19Cl2N3/c22-16-8-9-19(23)20(14-16)25-21(26-12-10-24-11-13-26)18-7-3-5-15-4-1-2-6-17(15)18/h1-9,14,24H,10-13H2. The van der Waals surface area contributed by atoms with Crippen LogP contribution < -0.4 is 5.32 Å². The van der Waals surface area contributed by atoms with Crippen molar-refractivity contribution in [1.82, 2.24) is 10.2 Å². The smallest absolute Gasteiger partial charge is 0.137 e. The van der Waals surface area contributed by atoms with Crippen molar-refractivity contribution in [1.29, 1.82) is 0 Å². The van der Waals surface area contributed by atoms with Gasteiger partial charge in [-0.2, -0.15) is 0 Å². The van der Waals surface area contributed by atoms with Crippen LogP contribution in [0.5, 0.6) is 0 Å². The maximum absolute atomic E-state index is 6.39. The number of aliphatic imine (C=N–C) groups is 1. The van der Waals surface area contributed by atoms with Gasteiger partial charge in [0, 0.05) is 36.8 Å². The summed E-state index contributed by atoms with van der Waals surface area (Å²) in [5.74, 6) is 0.937. The summed E-state index contributed by atoms with van der Waals surface area (Å²) in [5.41, 5.74) is 1.81. The molecule has 0 unspecified atom stereocenters. The second kappa shape index (κ2) is 7.67. The lowest BCUT2D eigenvalue weighted by atomic mass is 10.0. The van der Waals surface area contributed by atoms with E-state index in [9.17, 15) is 0 Å². The summed E-state index contributed by atoms with van der Waals surface area (Å²) in [6.07, 6.45) is 0. The first-order chi connectivity index (χ1) is 12.7. The minimum Gasteiger partial charge on any atom is -0.354 e. The molecule has 1 fully saturated rings. The molecule has 3 aromatic rings. The Labute approximate surface area is 163 Å². The maximum atomic E-state index is 6.39. The highest BCUT2D eigenvalue weighted by Gasteiger charge is 2.19. The fraction of sp³-hybridized carbons (Fsp3) is 0.190. The second-order valence-electron chi connectivity index (χ2n) is 6.29. The molecule has 0 spiro atoms. The number of hydrogen-bond acceptors (Lipinski definition) is 2. The normalized spacial score (nSPS) is 15.5. The number of fused-ring (bicyclic) bond motifs is 1. The fourth-order valence-electron chi connectivity index (χ4n) is 3.28. The van der Waals surface area contributed by atoms with Gasteiger partial charge in [0.15, 0.2) is 0 Å². The Bertz CT molecular complexity index is 957. The van der Waals surface area contributed by atoms with Crippen LogP contribution in [0.1, 0.15) is 5.56 Å². The van der Waals surface area contributed by atoms with Crippen LogP contribution in [0.2, 0.25) is 10.0 Å². The van der Waals surface area contributed by atoms with Crippen molar-refractivity contribution in [3.05, 3.63) is 76.3 Å². The van der Waals surface area contributed by atoms with Crippen LogP contribution in [-0.4, -0.2) is 36.9 Å². The molecular weight excluding hydrogens is 365 g/mol. The molecule has 3 nitrogen and oxygen atoms in total. The molecule has 132 valence electrons. The zero-order chi connectivity index (χ0) is 17.9. The van der Waals surface area contributed by atoms with Crippen molar-refractivity contribution < 1.29 is 0 Å². The SMILES string of the molecule is Clc1ccc(Cl)c(N=C(c2cccc3ccccc23)N2CCNCC2)c1. The van der Waals surface area contributed by atoms with Crippen LogP contribution in [-0.2, 0) is 0 Å². The highest BCUT2D eigenvalue weighted by Crippen LogP contribution is 2.30. The molecule has 0 radical (unpaired) electrons. The second-order valence-corrected chi connectivity index (χ2v) is 7.14. The van der Waals surface area contributed by atoms with Crippen LogP contribution in [0.3, 0.4) is 0 Å². The van der Waals surface area contributed by atoms with E-state index < -0.39 is 0 Å². The predicted molar refractivity (Wildman–Crippen MR) is 111 cm³/mol. The van der Waals surface area contributed by atoms with E-state index in [2.05, 4.69) is 52.7 Å². The van der Waals surface area contributed by atoms with Gasteiger partial charge in [-0.15, -0.1) is 0 Å². The number of hydrogen-bond donors (Lipinski definition) is 1. The van der Waals surface area contributed by atoms with Crippen molar-refractivity contribution in [3.8, 4) is 0 Å². The molecule has 3 aromatic carbocycles. The van der Waals surface area contributed by atoms with Crippen molar-refractivity contribution >= 4 is 45.5 Å². The van der Waals surface area contributed by atoms with Gasteiger partial charge in [0.1, 0.15) is 5.84 Å². The number of benzene rings is 3. The zero-order valence-corrected chi connectivity index (χ0v) is 15.8. The molecule has 0 saturated carbocycles. The molecule has 0 atom stereocenters. The first kappa shape index (κ1) is 17.3. The van der Waals surface area contributed by atoms with Gasteiger partial charge in [0.2, 0.25) is 0 Å². The Morgan fingerprint density at radius 1 is 0.923 bits per heavy atom. The van der Waals surface area contributed by atoms with Crippen molar-refractivity contribution in [2.24, 2.45) is 4.99 Å². The molecule has 0 amide bonds. The lowest BCUT2D eigenvalue weighted by Crippen LogP contribution is -2.46. The summed E-state index contributed by atoms with van der Waals surface area (Å²) in [7, 11) is 0. The number of nitrogens with zero attached hydrogens (tertiary/aromatic N) is 2. The van der Waals surface area contributed by atoms with Crippen LogP contribution >= 0.6 is 23.2 Å². The maximum Gasteiger partial charge on any atom is 0.137 e. The van der Waals surface area contributed by atoms with E-state index >= 15 is 0 Å². The Morgan fingerprint density at radius 3 is 2.54 bits per heavy atom. The summed E-state index contributed by atoms with van der Waals surface area (Å²) in [4.78, 5) is 7.28. The van der Waals surface area contributed by atoms with Crippen LogP contribution in [0, 0.1) is 0 Å². The highest BCUT2D eigenvalue weighted by atomic mass is 35.5. The minimum absolute atomic E-state index is 0.599. The van der Waals surface area contributed by atoms with E-state index in [4.69, 9.17) is 28.2 Å². The Balaban J connectivity index is 1.90. The number of nitrogens with one attached hydrogen (secondary N) is 1. The van der Waals surface area contributed by atoms with Crippen molar-refractivity contribution in [2.75, 3.05) is 26.2 Å². The number of amidine groups is 1. The van der Waals surface area contributed by atoms with Gasteiger partial charge in [0.05, 0.1) is 10.7 Å². The topological polar surface area (TPSA) is 27.6 Å². The Hall–Kier alpha value is -2.07. The van der Waals surface area contributed by atoms with Gasteiger partial charge in [0.25, 0.3) is 0 Å². The minimum atomic E-state index is 0.599. The zero-order valence-electron chi connectivity index (χ0n) is 14.3. The van der Waals surface area contributed by atoms with Gasteiger partial charge in [-0.25, -0.2) is 4.99 Å². The van der Waals surface area contributed by atoms with Crippen LogP contribution in [0.15, 0.2) is 65.7 Å². The number of rotatable bonds is 2. The van der Waals surface area contributed by atoms with E-state index in [0.29, 0.717) is 15.7 Å². The van der Waals surface area contributed by atoms with Crippen molar-refractivity contribution in [2.45, 2.75) is 0 Å². The summed E-state index contributed by atoms with van der Waals surface area (Å²) < 4.78 is 0. The molecule has 0 aliphatic carbocycles. The van der Waals surface area contributed by atoms with E-state index in [1.54, 1.807) is 12.1 Å². The van der Waals surface area contributed by atoms with Gasteiger partial charge in [-0.1, -0.05) is 65.7 Å². The lowest BCUT2D eigenvalue weighted by Gasteiger charge is -2.31. The van der Waals surface area contributed by atoms with Crippen LogP contribution in [0.4, 0.5) is 5.69 Å². The molecule has 0 bridgehead atoms. The van der Waals surface area contributed by atoms with E-state index in [-0.39, 0.29) is 0 Å². The van der Waals surface area contributed by atoms with Gasteiger partial charge < -0.3 is 10.2 Å². The molecule has 26 heavy (non-hydrogen) atoms. The van der Waals surface area contributed by atoms with Gasteiger partial charge >= 0.3 is 0 Å². The third-order valence-electron chi connectivity index (χ3n) is 4.58. The highest BCUT2D eigenvalue weighted by molar-refractivity contribution is 6.35. The summed E-state index contributed by atoms with van der Waals surface area (Å²) in [6.45, 7) is 3.68. The predicted octanol–water partition coefficient (Wildman–Crippen LogP) is 5.13. The summed E-state index contributed by atoms with van der Waals surface area (Å²) in [6, 6.07) is 20.1. The van der Waals surface area contributed by atoms with Gasteiger partial charge in [-0.3, -0.25) is 0 Å². The van der Waals surface area contributed by atoms with Gasteiger partial charge in [-0.05, 0) is 29.0 Å². The lowest BCUT2D eigenvalue weighted by molar-refractivity contribution is 0.358. The molecule has 1 saturated heterocycles. The Kier molecular flexibility index (Phi) is 5.11. The fourth-order valence-corrected chi connectivity index (χ4v) is 3.61. The average molecular weight is 384 g/mol. The third kappa shape index (κ3) is 3.56. The monoisotopic (exact) mass is 383 g/mol. The first-order valence-corrected chi connectivity index (χ1v) is 9.45. The first-order valence-electron chi connectivity index (χ1n) is 8.70. The summed E-state index contributed by atoms with van der Waals surface area (Å²) >= 11 is 12.6. The van der Waals surface area contributed by atoms with E-state index in [0.717, 1.165) is 37.6 Å². The average Bonchev–Trinajstić information content (AvgIpc) is 2.69. The quantitative estimate of drug-likeness (QED) is 0.490. The number of piperazine rings is 1. The summed E-state index contributed by atoms with van der Waals surface area (Å²) in [5, 5.41) is 7.01. The molecule has 5 heteroatoms. The molecule has 4 rings (SSSR count). The molecule has 0 aromatic heterocycles. The molecule has 1 heterocycles. The van der Waals surface area contributed by atoms with E-state index in [1.807, 2.05) is 6.07 Å². The van der Waals surface area contributed by atoms with E-state index in [1.165, 1.54) is 10.8 Å². The molecule has 1 N–H and O–H groups in total. The Morgan fingerprint density at radius 2 is 1.69 bits per heavy atom. The molecule has 1 aliphatic rings. The third-order valence-corrected chi connectivity index (χ3v) is 5.14. The molecular formula is C21H19Cl2N3. The van der Waals surface area contributed by atoms with Crippen molar-refractivity contribution in [3.63, 3.8) is 0 Å².